The minimum atomic E-state index is -4.01. The van der Waals surface area contributed by atoms with Gasteiger partial charge in [0.1, 0.15) is 12.3 Å². The lowest BCUT2D eigenvalue weighted by Gasteiger charge is -2.25. The molecule has 33 heavy (non-hydrogen) atoms. The van der Waals surface area contributed by atoms with Crippen molar-refractivity contribution in [1.82, 2.24) is 0 Å². The predicted molar refractivity (Wildman–Crippen MR) is 130 cm³/mol. The molecule has 0 saturated carbocycles. The molecule has 1 saturated heterocycles. The Morgan fingerprint density at radius 3 is 2.24 bits per heavy atom. The predicted octanol–water partition coefficient (Wildman–Crippen LogP) is 4.13. The number of ether oxygens (including phenoxy) is 1. The highest BCUT2D eigenvalue weighted by molar-refractivity contribution is 7.92. The lowest BCUT2D eigenvalue weighted by atomic mass is 10.2. The van der Waals surface area contributed by atoms with Crippen LogP contribution in [0, 0.1) is 0 Å². The first-order valence-electron chi connectivity index (χ1n) is 10.8. The minimum Gasteiger partial charge on any atom is -0.495 e. The van der Waals surface area contributed by atoms with E-state index >= 15 is 0 Å². The van der Waals surface area contributed by atoms with Crippen molar-refractivity contribution in [2.45, 2.75) is 17.7 Å². The Labute approximate surface area is 194 Å². The summed E-state index contributed by atoms with van der Waals surface area (Å²) in [5.41, 5.74) is 2.02. The first kappa shape index (κ1) is 22.7. The maximum Gasteiger partial charge on any atom is 0.264 e. The average molecular weight is 466 g/mol. The molecule has 8 heteroatoms. The maximum absolute atomic E-state index is 13.5. The molecular formula is C25H27N3O4S. The topological polar surface area (TPSA) is 79.0 Å². The summed E-state index contributed by atoms with van der Waals surface area (Å²) in [4.78, 5) is 15.3. The molecule has 0 radical (unpaired) electrons. The van der Waals surface area contributed by atoms with Crippen molar-refractivity contribution in [3.8, 4) is 5.75 Å². The molecule has 1 fully saturated rings. The van der Waals surface area contributed by atoms with E-state index in [1.165, 1.54) is 32.1 Å². The molecule has 0 atom stereocenters. The maximum atomic E-state index is 13.5. The van der Waals surface area contributed by atoms with Gasteiger partial charge in [-0.05, 0) is 61.4 Å². The lowest BCUT2D eigenvalue weighted by molar-refractivity contribution is -0.114. The molecule has 1 aliphatic rings. The summed E-state index contributed by atoms with van der Waals surface area (Å²) >= 11 is 0. The van der Waals surface area contributed by atoms with E-state index < -0.39 is 22.5 Å². The minimum absolute atomic E-state index is 0.0960. The molecule has 1 amide bonds. The Hall–Kier alpha value is -3.52. The highest BCUT2D eigenvalue weighted by atomic mass is 32.2. The molecule has 0 aromatic heterocycles. The van der Waals surface area contributed by atoms with E-state index in [9.17, 15) is 13.2 Å². The Bertz CT molecular complexity index is 1190. The fraction of sp³-hybridized carbons (Fsp3) is 0.240. The highest BCUT2D eigenvalue weighted by Gasteiger charge is 2.29. The van der Waals surface area contributed by atoms with E-state index in [2.05, 4.69) is 10.2 Å². The number of nitrogens with one attached hydrogen (secondary N) is 1. The van der Waals surface area contributed by atoms with E-state index in [0.29, 0.717) is 17.1 Å². The summed E-state index contributed by atoms with van der Waals surface area (Å²) in [6.45, 7) is 1.68. The number of rotatable bonds is 8. The number of amides is 1. The van der Waals surface area contributed by atoms with E-state index in [1.807, 2.05) is 24.3 Å². The molecule has 0 unspecified atom stereocenters. The molecule has 0 aliphatic carbocycles. The number of carbonyl (C=O) groups is 1. The summed E-state index contributed by atoms with van der Waals surface area (Å²) in [7, 11) is -2.54. The second-order valence-electron chi connectivity index (χ2n) is 7.79. The van der Waals surface area contributed by atoms with Gasteiger partial charge in [0.2, 0.25) is 5.91 Å². The number of carbonyl (C=O) groups excluding carboxylic acids is 1. The third-order valence-electron chi connectivity index (χ3n) is 5.59. The van der Waals surface area contributed by atoms with Crippen LogP contribution in [0.2, 0.25) is 0 Å². The van der Waals surface area contributed by atoms with Crippen LogP contribution in [0.15, 0.2) is 83.8 Å². The van der Waals surface area contributed by atoms with Crippen LogP contribution in [0.1, 0.15) is 12.8 Å². The highest BCUT2D eigenvalue weighted by Crippen LogP contribution is 2.32. The quantitative estimate of drug-likeness (QED) is 0.541. The Morgan fingerprint density at radius 2 is 1.58 bits per heavy atom. The number of methoxy groups -OCH3 is 1. The number of benzene rings is 3. The van der Waals surface area contributed by atoms with Gasteiger partial charge in [-0.25, -0.2) is 8.42 Å². The van der Waals surface area contributed by atoms with Crippen molar-refractivity contribution < 1.29 is 17.9 Å². The smallest absolute Gasteiger partial charge is 0.264 e. The fourth-order valence-electron chi connectivity index (χ4n) is 3.92. The lowest BCUT2D eigenvalue weighted by Crippen LogP contribution is -2.38. The number of hydrogen-bond donors (Lipinski definition) is 1. The zero-order chi connectivity index (χ0) is 23.3. The van der Waals surface area contributed by atoms with Crippen LogP contribution < -0.4 is 19.3 Å². The van der Waals surface area contributed by atoms with Gasteiger partial charge in [0, 0.05) is 24.5 Å². The van der Waals surface area contributed by atoms with Crippen molar-refractivity contribution in [3.63, 3.8) is 0 Å². The number of anilines is 3. The summed E-state index contributed by atoms with van der Waals surface area (Å²) in [6.07, 6.45) is 2.38. The summed E-state index contributed by atoms with van der Waals surface area (Å²) in [5.74, 6) is -0.0888. The van der Waals surface area contributed by atoms with Gasteiger partial charge in [0.05, 0.1) is 17.7 Å². The second kappa shape index (κ2) is 9.95. The molecule has 3 aromatic rings. The number of sulfonamides is 1. The van der Waals surface area contributed by atoms with Crippen LogP contribution in [0.25, 0.3) is 0 Å². The molecule has 1 aliphatic heterocycles. The Kier molecular flexibility index (Phi) is 6.84. The van der Waals surface area contributed by atoms with Gasteiger partial charge in [0.15, 0.2) is 0 Å². The third-order valence-corrected chi connectivity index (χ3v) is 7.37. The van der Waals surface area contributed by atoms with Crippen molar-refractivity contribution in [2.75, 3.05) is 41.3 Å². The van der Waals surface area contributed by atoms with Gasteiger partial charge < -0.3 is 15.0 Å². The second-order valence-corrected chi connectivity index (χ2v) is 9.65. The van der Waals surface area contributed by atoms with Crippen LogP contribution >= 0.6 is 0 Å². The number of nitrogens with zero attached hydrogens (tertiary/aromatic N) is 2. The van der Waals surface area contributed by atoms with Gasteiger partial charge in [-0.1, -0.05) is 30.3 Å². The monoisotopic (exact) mass is 465 g/mol. The van der Waals surface area contributed by atoms with Gasteiger partial charge >= 0.3 is 0 Å². The van der Waals surface area contributed by atoms with Crippen molar-refractivity contribution in [2.24, 2.45) is 0 Å². The standard InChI is InChI=1S/C25H27N3O4S/c1-32-24-12-6-5-11-23(24)28(33(30,31)22-9-3-2-4-10-22)19-25(29)26-20-13-15-21(16-14-20)27-17-7-8-18-27/h2-6,9-16H,7-8,17-19H2,1H3,(H,26,29). The van der Waals surface area contributed by atoms with Gasteiger partial charge in [-0.3, -0.25) is 9.10 Å². The zero-order valence-electron chi connectivity index (χ0n) is 18.5. The third kappa shape index (κ3) is 5.12. The molecule has 1 N–H and O–H groups in total. The average Bonchev–Trinajstić information content (AvgIpc) is 3.38. The van der Waals surface area contributed by atoms with E-state index in [4.69, 9.17) is 4.74 Å². The molecule has 4 rings (SSSR count). The van der Waals surface area contributed by atoms with Crippen LogP contribution in [0.5, 0.6) is 5.75 Å². The summed E-state index contributed by atoms with van der Waals surface area (Å²) < 4.78 is 33.4. The normalized spacial score (nSPS) is 13.5. The molecule has 1 heterocycles. The van der Waals surface area contributed by atoms with Crippen molar-refractivity contribution in [3.05, 3.63) is 78.9 Å². The summed E-state index contributed by atoms with van der Waals surface area (Å²) in [5, 5.41) is 2.82. The van der Waals surface area contributed by atoms with Crippen LogP contribution in [0.4, 0.5) is 17.1 Å². The van der Waals surface area contributed by atoms with Gasteiger partial charge in [0.25, 0.3) is 10.0 Å². The van der Waals surface area contributed by atoms with E-state index in [0.717, 1.165) is 23.1 Å². The molecule has 172 valence electrons. The van der Waals surface area contributed by atoms with E-state index in [1.54, 1.807) is 42.5 Å². The van der Waals surface area contributed by atoms with Crippen LogP contribution in [-0.2, 0) is 14.8 Å². The van der Waals surface area contributed by atoms with Gasteiger partial charge in [-0.2, -0.15) is 0 Å². The number of para-hydroxylation sites is 2. The summed E-state index contributed by atoms with van der Waals surface area (Å²) in [6, 6.07) is 22.4. The Morgan fingerprint density at radius 1 is 0.939 bits per heavy atom. The van der Waals surface area contributed by atoms with E-state index in [-0.39, 0.29) is 4.90 Å². The van der Waals surface area contributed by atoms with Gasteiger partial charge in [-0.15, -0.1) is 0 Å². The molecule has 7 nitrogen and oxygen atoms in total. The SMILES string of the molecule is COc1ccccc1N(CC(=O)Nc1ccc(N2CCCC2)cc1)S(=O)(=O)c1ccccc1. The van der Waals surface area contributed by atoms with Crippen molar-refractivity contribution >= 4 is 33.0 Å². The zero-order valence-corrected chi connectivity index (χ0v) is 19.3. The Balaban J connectivity index is 1.58. The first-order valence-corrected chi connectivity index (χ1v) is 12.3. The van der Waals surface area contributed by atoms with Crippen molar-refractivity contribution in [1.29, 1.82) is 0 Å². The fourth-order valence-corrected chi connectivity index (χ4v) is 5.37. The van der Waals surface area contributed by atoms with Crippen LogP contribution in [0.3, 0.4) is 0 Å². The van der Waals surface area contributed by atoms with Crippen LogP contribution in [-0.4, -0.2) is 41.1 Å². The molecule has 3 aromatic carbocycles. The molecule has 0 bridgehead atoms. The first-order chi connectivity index (χ1) is 16.0. The molecular weight excluding hydrogens is 438 g/mol. The number of hydrogen-bond acceptors (Lipinski definition) is 5. The molecule has 0 spiro atoms. The largest absolute Gasteiger partial charge is 0.495 e.